The highest BCUT2D eigenvalue weighted by Gasteiger charge is 2.30. The Balaban J connectivity index is 1.51. The number of fused-ring (bicyclic) bond motifs is 1. The summed E-state index contributed by atoms with van der Waals surface area (Å²) in [6, 6.07) is 19.8. The average molecular weight is 499 g/mol. The summed E-state index contributed by atoms with van der Waals surface area (Å²) >= 11 is 5.83. The van der Waals surface area contributed by atoms with E-state index in [0.29, 0.717) is 16.9 Å². The predicted molar refractivity (Wildman–Crippen MR) is 128 cm³/mol. The Labute approximate surface area is 203 Å². The van der Waals surface area contributed by atoms with Gasteiger partial charge in [-0.3, -0.25) is 4.79 Å². The molecule has 1 amide bonds. The van der Waals surface area contributed by atoms with E-state index < -0.39 is 17.6 Å². The average Bonchev–Trinajstić information content (AvgIpc) is 2.84. The summed E-state index contributed by atoms with van der Waals surface area (Å²) in [5.41, 5.74) is 2.99. The Morgan fingerprint density at radius 1 is 1.00 bits per heavy atom. The van der Waals surface area contributed by atoms with Crippen molar-refractivity contribution in [1.82, 2.24) is 5.43 Å². The molecule has 35 heavy (non-hydrogen) atoms. The largest absolute Gasteiger partial charge is 0.506 e. The molecule has 9 heteroatoms. The van der Waals surface area contributed by atoms with Gasteiger partial charge in [-0.15, -0.1) is 0 Å². The van der Waals surface area contributed by atoms with E-state index in [1.807, 2.05) is 24.3 Å². The molecule has 0 bridgehead atoms. The van der Waals surface area contributed by atoms with Gasteiger partial charge in [-0.2, -0.15) is 18.3 Å². The first kappa shape index (κ1) is 24.1. The molecule has 0 unspecified atom stereocenters. The maximum Gasteiger partial charge on any atom is 0.416 e. The number of hydrazone groups is 1. The van der Waals surface area contributed by atoms with Crippen LogP contribution in [0.4, 0.5) is 13.2 Å². The molecule has 2 N–H and O–H groups in total. The van der Waals surface area contributed by atoms with E-state index in [2.05, 4.69) is 10.5 Å². The van der Waals surface area contributed by atoms with Crippen LogP contribution < -0.4 is 10.2 Å². The first-order valence-electron chi connectivity index (χ1n) is 10.3. The van der Waals surface area contributed by atoms with Crippen LogP contribution in [-0.2, 0) is 12.8 Å². The summed E-state index contributed by atoms with van der Waals surface area (Å²) in [5, 5.41) is 15.0. The fourth-order valence-corrected chi connectivity index (χ4v) is 3.59. The number of ether oxygens (including phenoxy) is 1. The van der Waals surface area contributed by atoms with Crippen molar-refractivity contribution in [3.05, 3.63) is 106 Å². The minimum Gasteiger partial charge on any atom is -0.506 e. The molecule has 0 spiro atoms. The number of halogens is 4. The van der Waals surface area contributed by atoms with Gasteiger partial charge in [-0.1, -0.05) is 48.0 Å². The number of carbonyl (C=O) groups excluding carboxylic acids is 1. The molecule has 4 aromatic rings. The quantitative estimate of drug-likeness (QED) is 0.233. The number of carbonyl (C=O) groups is 1. The van der Waals surface area contributed by atoms with E-state index in [9.17, 15) is 23.1 Å². The zero-order chi connectivity index (χ0) is 25.0. The minimum absolute atomic E-state index is 0.0351. The second kappa shape index (κ2) is 10.1. The monoisotopic (exact) mass is 498 g/mol. The zero-order valence-electron chi connectivity index (χ0n) is 18.0. The van der Waals surface area contributed by atoms with Gasteiger partial charge >= 0.3 is 6.18 Å². The zero-order valence-corrected chi connectivity index (χ0v) is 18.8. The molecule has 0 saturated heterocycles. The summed E-state index contributed by atoms with van der Waals surface area (Å²) in [6.07, 6.45) is -2.95. The summed E-state index contributed by atoms with van der Waals surface area (Å²) in [4.78, 5) is 12.3. The van der Waals surface area contributed by atoms with Gasteiger partial charge in [0.25, 0.3) is 5.91 Å². The van der Waals surface area contributed by atoms with Gasteiger partial charge in [-0.25, -0.2) is 5.43 Å². The van der Waals surface area contributed by atoms with Crippen LogP contribution in [0.5, 0.6) is 11.5 Å². The minimum atomic E-state index is -4.42. The van der Waals surface area contributed by atoms with Gasteiger partial charge in [0.1, 0.15) is 18.1 Å². The molecule has 0 aliphatic rings. The van der Waals surface area contributed by atoms with Crippen LogP contribution in [0.2, 0.25) is 5.02 Å². The van der Waals surface area contributed by atoms with Crippen molar-refractivity contribution in [3.8, 4) is 11.5 Å². The highest BCUT2D eigenvalue weighted by Crippen LogP contribution is 2.31. The fraction of sp³-hybridized carbons (Fsp3) is 0.0769. The molecule has 0 fully saturated rings. The van der Waals surface area contributed by atoms with Crippen LogP contribution in [0.3, 0.4) is 0 Å². The SMILES string of the molecule is O=C(N/N=C/c1ccc(OCc2cccc(C(F)(F)F)c2)c2ccccc12)c1ccc(O)c(Cl)c1. The number of aromatic hydroxyl groups is 1. The van der Waals surface area contributed by atoms with Crippen molar-refractivity contribution >= 4 is 34.5 Å². The van der Waals surface area contributed by atoms with Crippen molar-refractivity contribution < 1.29 is 27.8 Å². The van der Waals surface area contributed by atoms with Crippen molar-refractivity contribution in [3.63, 3.8) is 0 Å². The molecule has 4 aromatic carbocycles. The molecule has 0 aliphatic carbocycles. The fourth-order valence-electron chi connectivity index (χ4n) is 3.40. The van der Waals surface area contributed by atoms with Gasteiger partial charge < -0.3 is 9.84 Å². The van der Waals surface area contributed by atoms with E-state index in [1.54, 1.807) is 18.2 Å². The van der Waals surface area contributed by atoms with Crippen LogP contribution in [-0.4, -0.2) is 17.2 Å². The highest BCUT2D eigenvalue weighted by molar-refractivity contribution is 6.32. The van der Waals surface area contributed by atoms with Crippen LogP contribution in [0.25, 0.3) is 10.8 Å². The summed E-state index contributed by atoms with van der Waals surface area (Å²) < 4.78 is 44.7. The van der Waals surface area contributed by atoms with Crippen LogP contribution in [0, 0.1) is 0 Å². The van der Waals surface area contributed by atoms with E-state index in [-0.39, 0.29) is 22.9 Å². The molecule has 5 nitrogen and oxygen atoms in total. The lowest BCUT2D eigenvalue weighted by Crippen LogP contribution is -2.17. The first-order valence-corrected chi connectivity index (χ1v) is 10.7. The van der Waals surface area contributed by atoms with E-state index in [0.717, 1.165) is 22.9 Å². The second-order valence-corrected chi connectivity index (χ2v) is 7.96. The molecular weight excluding hydrogens is 481 g/mol. The number of amides is 1. The highest BCUT2D eigenvalue weighted by atomic mass is 35.5. The number of rotatable bonds is 6. The molecular formula is C26H18ClF3N2O3. The lowest BCUT2D eigenvalue weighted by Gasteiger charge is -2.12. The number of phenols is 1. The number of nitrogens with one attached hydrogen (secondary N) is 1. The van der Waals surface area contributed by atoms with E-state index in [1.165, 1.54) is 30.5 Å². The number of phenolic OH excluding ortho intramolecular Hbond substituents is 1. The van der Waals surface area contributed by atoms with Crippen LogP contribution in [0.1, 0.15) is 27.0 Å². The number of alkyl halides is 3. The molecule has 0 atom stereocenters. The molecule has 0 saturated carbocycles. The van der Waals surface area contributed by atoms with Crippen molar-refractivity contribution in [2.45, 2.75) is 12.8 Å². The van der Waals surface area contributed by atoms with Gasteiger partial charge in [-0.05, 0) is 53.4 Å². The maximum absolute atomic E-state index is 13.0. The van der Waals surface area contributed by atoms with Gasteiger partial charge in [0.2, 0.25) is 0 Å². The molecule has 0 aromatic heterocycles. The summed E-state index contributed by atoms with van der Waals surface area (Å²) in [5.74, 6) is -0.139. The van der Waals surface area contributed by atoms with Crippen molar-refractivity contribution in [2.75, 3.05) is 0 Å². The lowest BCUT2D eigenvalue weighted by atomic mass is 10.0. The number of benzene rings is 4. The lowest BCUT2D eigenvalue weighted by molar-refractivity contribution is -0.137. The predicted octanol–water partition coefficient (Wildman–Crippen LogP) is 6.56. The second-order valence-electron chi connectivity index (χ2n) is 7.55. The number of hydrogen-bond acceptors (Lipinski definition) is 4. The van der Waals surface area contributed by atoms with Crippen LogP contribution in [0.15, 0.2) is 84.0 Å². The number of nitrogens with zero attached hydrogens (tertiary/aromatic N) is 1. The van der Waals surface area contributed by atoms with Crippen molar-refractivity contribution in [1.29, 1.82) is 0 Å². The maximum atomic E-state index is 13.0. The standard InChI is InChI=1S/C26H18ClF3N2O3/c27-22-13-17(8-10-23(22)33)25(34)32-31-14-18-9-11-24(21-7-2-1-6-20(18)21)35-15-16-4-3-5-19(12-16)26(28,29)30/h1-14,33H,15H2,(H,32,34)/b31-14+. The van der Waals surface area contributed by atoms with E-state index in [4.69, 9.17) is 16.3 Å². The summed E-state index contributed by atoms with van der Waals surface area (Å²) in [6.45, 7) is -0.0351. The van der Waals surface area contributed by atoms with Gasteiger partial charge in [0, 0.05) is 16.5 Å². The third-order valence-corrected chi connectivity index (χ3v) is 5.45. The molecule has 0 radical (unpaired) electrons. The topological polar surface area (TPSA) is 70.9 Å². The molecule has 178 valence electrons. The first-order chi connectivity index (χ1) is 16.7. The third kappa shape index (κ3) is 5.73. The number of hydrogen-bond donors (Lipinski definition) is 2. The normalized spacial score (nSPS) is 11.7. The third-order valence-electron chi connectivity index (χ3n) is 5.15. The Morgan fingerprint density at radius 3 is 2.51 bits per heavy atom. The molecule has 0 heterocycles. The summed E-state index contributed by atoms with van der Waals surface area (Å²) in [7, 11) is 0. The molecule has 4 rings (SSSR count). The van der Waals surface area contributed by atoms with Crippen LogP contribution >= 0.6 is 11.6 Å². The van der Waals surface area contributed by atoms with Gasteiger partial charge in [0.05, 0.1) is 16.8 Å². The van der Waals surface area contributed by atoms with Gasteiger partial charge in [0.15, 0.2) is 0 Å². The Bertz CT molecular complexity index is 1420. The molecule has 0 aliphatic heterocycles. The van der Waals surface area contributed by atoms with Crippen molar-refractivity contribution in [2.24, 2.45) is 5.10 Å². The Hall–Kier alpha value is -4.04. The smallest absolute Gasteiger partial charge is 0.416 e. The Kier molecular flexibility index (Phi) is 6.93. The van der Waals surface area contributed by atoms with E-state index >= 15 is 0 Å². The Morgan fingerprint density at radius 2 is 1.77 bits per heavy atom.